The summed E-state index contributed by atoms with van der Waals surface area (Å²) in [6.07, 6.45) is 3.82. The van der Waals surface area contributed by atoms with Gasteiger partial charge in [0.25, 0.3) is 5.91 Å². The third-order valence-corrected chi connectivity index (χ3v) is 3.84. The first-order valence-corrected chi connectivity index (χ1v) is 6.69. The Morgan fingerprint density at radius 3 is 3.00 bits per heavy atom. The maximum absolute atomic E-state index is 12.0. The first kappa shape index (κ1) is 13.8. The number of hydrogen-bond acceptors (Lipinski definition) is 3. The van der Waals surface area contributed by atoms with Crippen molar-refractivity contribution in [2.45, 2.75) is 32.7 Å². The van der Waals surface area contributed by atoms with E-state index in [4.69, 9.17) is 0 Å². The molecule has 2 heterocycles. The van der Waals surface area contributed by atoms with E-state index in [-0.39, 0.29) is 22.9 Å². The number of carbonyl (C=O) groups is 1. The zero-order valence-electron chi connectivity index (χ0n) is 11.5. The molecule has 2 rings (SSSR count). The van der Waals surface area contributed by atoms with Crippen LogP contribution in [0.15, 0.2) is 23.1 Å². The van der Waals surface area contributed by atoms with Gasteiger partial charge in [-0.3, -0.25) is 9.59 Å². The normalized spacial score (nSPS) is 21.9. The molecule has 104 valence electrons. The summed E-state index contributed by atoms with van der Waals surface area (Å²) in [5.74, 6) is -0.200. The van der Waals surface area contributed by atoms with E-state index < -0.39 is 0 Å². The average molecular weight is 263 g/mol. The Balaban J connectivity index is 1.95. The highest BCUT2D eigenvalue weighted by Gasteiger charge is 2.31. The molecule has 0 spiro atoms. The topological polar surface area (TPSA) is 74.0 Å². The fourth-order valence-electron chi connectivity index (χ4n) is 2.50. The number of aromatic nitrogens is 1. The van der Waals surface area contributed by atoms with Gasteiger partial charge in [-0.05, 0) is 30.9 Å². The van der Waals surface area contributed by atoms with Gasteiger partial charge in [-0.15, -0.1) is 0 Å². The highest BCUT2D eigenvalue weighted by atomic mass is 16.2. The second kappa shape index (κ2) is 5.57. The van der Waals surface area contributed by atoms with Crippen LogP contribution in [-0.4, -0.2) is 30.0 Å². The molecule has 19 heavy (non-hydrogen) atoms. The molecule has 1 saturated heterocycles. The maximum Gasteiger partial charge on any atom is 0.251 e. The number of aromatic amines is 1. The molecule has 0 radical (unpaired) electrons. The second-order valence-corrected chi connectivity index (χ2v) is 5.75. The van der Waals surface area contributed by atoms with E-state index in [0.717, 1.165) is 13.0 Å². The summed E-state index contributed by atoms with van der Waals surface area (Å²) in [5.41, 5.74) is 0.320. The minimum absolute atomic E-state index is 0.180. The minimum atomic E-state index is -0.260. The van der Waals surface area contributed by atoms with Crippen LogP contribution in [0.3, 0.4) is 0 Å². The Morgan fingerprint density at radius 1 is 1.53 bits per heavy atom. The monoisotopic (exact) mass is 263 g/mol. The molecule has 1 aliphatic rings. The number of carbonyl (C=O) groups excluding carboxylic acids is 1. The Morgan fingerprint density at radius 2 is 2.32 bits per heavy atom. The van der Waals surface area contributed by atoms with Gasteiger partial charge in [0.15, 0.2) is 0 Å². The van der Waals surface area contributed by atoms with E-state index in [0.29, 0.717) is 12.1 Å². The van der Waals surface area contributed by atoms with Crippen LogP contribution in [0.4, 0.5) is 0 Å². The van der Waals surface area contributed by atoms with Crippen LogP contribution in [0.2, 0.25) is 0 Å². The molecule has 0 bridgehead atoms. The number of H-pyrrole nitrogens is 1. The van der Waals surface area contributed by atoms with Crippen LogP contribution in [0.1, 0.15) is 37.0 Å². The average Bonchev–Trinajstić information content (AvgIpc) is 2.36. The number of pyridine rings is 1. The third kappa shape index (κ3) is 3.44. The molecule has 3 N–H and O–H groups in total. The van der Waals surface area contributed by atoms with Crippen molar-refractivity contribution in [2.75, 3.05) is 13.1 Å². The summed E-state index contributed by atoms with van der Waals surface area (Å²) in [5, 5.41) is 6.34. The van der Waals surface area contributed by atoms with E-state index in [2.05, 4.69) is 29.5 Å². The standard InChI is InChI=1S/C14H21N3O2/c1-14(2)5-3-6-15-11(14)9-17-13(19)10-4-7-16-12(18)8-10/h4,7-8,11,15H,3,5-6,9H2,1-2H3,(H,16,18)(H,17,19). The van der Waals surface area contributed by atoms with Gasteiger partial charge in [0.1, 0.15) is 0 Å². The van der Waals surface area contributed by atoms with E-state index in [9.17, 15) is 9.59 Å². The van der Waals surface area contributed by atoms with Crippen molar-refractivity contribution in [3.63, 3.8) is 0 Å². The maximum atomic E-state index is 12.0. The largest absolute Gasteiger partial charge is 0.350 e. The molecule has 1 fully saturated rings. The van der Waals surface area contributed by atoms with Crippen molar-refractivity contribution in [1.82, 2.24) is 15.6 Å². The Kier molecular flexibility index (Phi) is 4.04. The Hall–Kier alpha value is -1.62. The number of nitrogens with one attached hydrogen (secondary N) is 3. The lowest BCUT2D eigenvalue weighted by molar-refractivity contribution is 0.0928. The lowest BCUT2D eigenvalue weighted by atomic mass is 9.77. The molecule has 1 atom stereocenters. The van der Waals surface area contributed by atoms with E-state index >= 15 is 0 Å². The van der Waals surface area contributed by atoms with E-state index in [1.165, 1.54) is 18.7 Å². The van der Waals surface area contributed by atoms with Gasteiger partial charge < -0.3 is 15.6 Å². The Labute approximate surface area is 112 Å². The minimum Gasteiger partial charge on any atom is -0.350 e. The molecular weight excluding hydrogens is 242 g/mol. The van der Waals surface area contributed by atoms with Crippen molar-refractivity contribution in [2.24, 2.45) is 5.41 Å². The molecular formula is C14H21N3O2. The molecule has 1 aromatic rings. The van der Waals surface area contributed by atoms with Crippen LogP contribution in [0.5, 0.6) is 0 Å². The molecule has 1 amide bonds. The number of hydrogen-bond donors (Lipinski definition) is 3. The molecule has 0 aliphatic carbocycles. The molecule has 1 aliphatic heterocycles. The smallest absolute Gasteiger partial charge is 0.251 e. The van der Waals surface area contributed by atoms with Crippen LogP contribution >= 0.6 is 0 Å². The third-order valence-electron chi connectivity index (χ3n) is 3.84. The van der Waals surface area contributed by atoms with Crippen molar-refractivity contribution < 1.29 is 4.79 Å². The second-order valence-electron chi connectivity index (χ2n) is 5.75. The van der Waals surface area contributed by atoms with Crippen molar-refractivity contribution in [3.8, 4) is 0 Å². The van der Waals surface area contributed by atoms with Gasteiger partial charge in [0.2, 0.25) is 5.56 Å². The van der Waals surface area contributed by atoms with Crippen LogP contribution in [0, 0.1) is 5.41 Å². The number of piperidine rings is 1. The van der Waals surface area contributed by atoms with Gasteiger partial charge in [-0.25, -0.2) is 0 Å². The predicted octanol–water partition coefficient (Wildman–Crippen LogP) is 0.883. The zero-order chi connectivity index (χ0) is 13.9. The Bertz CT molecular complexity index is 507. The van der Waals surface area contributed by atoms with Gasteiger partial charge in [0, 0.05) is 30.4 Å². The van der Waals surface area contributed by atoms with Crippen molar-refractivity contribution in [3.05, 3.63) is 34.2 Å². The first-order chi connectivity index (χ1) is 8.99. The molecule has 5 heteroatoms. The zero-order valence-corrected chi connectivity index (χ0v) is 11.5. The summed E-state index contributed by atoms with van der Waals surface area (Å²) in [4.78, 5) is 25.6. The van der Waals surface area contributed by atoms with Crippen LogP contribution in [-0.2, 0) is 0 Å². The quantitative estimate of drug-likeness (QED) is 0.758. The van der Waals surface area contributed by atoms with Gasteiger partial charge >= 0.3 is 0 Å². The number of amides is 1. The van der Waals surface area contributed by atoms with Gasteiger partial charge in [-0.1, -0.05) is 13.8 Å². The fourth-order valence-corrected chi connectivity index (χ4v) is 2.50. The summed E-state index contributed by atoms with van der Waals surface area (Å²) in [6, 6.07) is 3.19. The lowest BCUT2D eigenvalue weighted by Crippen LogP contribution is -2.52. The van der Waals surface area contributed by atoms with Crippen LogP contribution < -0.4 is 16.2 Å². The molecule has 5 nitrogen and oxygen atoms in total. The summed E-state index contributed by atoms with van der Waals surface area (Å²) in [7, 11) is 0. The van der Waals surface area contributed by atoms with Gasteiger partial charge in [-0.2, -0.15) is 0 Å². The fraction of sp³-hybridized carbons (Fsp3) is 0.571. The highest BCUT2D eigenvalue weighted by molar-refractivity contribution is 5.93. The predicted molar refractivity (Wildman–Crippen MR) is 74.2 cm³/mol. The molecule has 1 unspecified atom stereocenters. The SMILES string of the molecule is CC1(C)CCCNC1CNC(=O)c1cc[nH]c(=O)c1. The number of rotatable bonds is 3. The molecule has 0 saturated carbocycles. The molecule has 0 aromatic carbocycles. The van der Waals surface area contributed by atoms with E-state index in [1.54, 1.807) is 6.07 Å². The summed E-state index contributed by atoms with van der Waals surface area (Å²) < 4.78 is 0. The van der Waals surface area contributed by atoms with Gasteiger partial charge in [0.05, 0.1) is 0 Å². The highest BCUT2D eigenvalue weighted by Crippen LogP contribution is 2.29. The first-order valence-electron chi connectivity index (χ1n) is 6.69. The summed E-state index contributed by atoms with van der Waals surface area (Å²) in [6.45, 7) is 6.00. The lowest BCUT2D eigenvalue weighted by Gasteiger charge is -2.39. The van der Waals surface area contributed by atoms with Crippen molar-refractivity contribution >= 4 is 5.91 Å². The van der Waals surface area contributed by atoms with E-state index in [1.807, 2.05) is 0 Å². The van der Waals surface area contributed by atoms with Crippen LogP contribution in [0.25, 0.3) is 0 Å². The van der Waals surface area contributed by atoms with Crippen molar-refractivity contribution in [1.29, 1.82) is 0 Å². The summed E-state index contributed by atoms with van der Waals surface area (Å²) >= 11 is 0. The molecule has 1 aromatic heterocycles.